The number of aliphatic carboxylic acids is 1. The van der Waals surface area contributed by atoms with Crippen molar-refractivity contribution in [3.8, 4) is 0 Å². The highest BCUT2D eigenvalue weighted by Crippen LogP contribution is 2.25. The molecule has 3 unspecified atom stereocenters. The number of hydrogen-bond acceptors (Lipinski definition) is 7. The van der Waals surface area contributed by atoms with Crippen LogP contribution < -0.4 is 10.6 Å². The average molecular weight is 495 g/mol. The summed E-state index contributed by atoms with van der Waals surface area (Å²) in [5.74, 6) is -3.58. The summed E-state index contributed by atoms with van der Waals surface area (Å²) in [6.07, 6.45) is 1.75. The maximum absolute atomic E-state index is 13.5. The van der Waals surface area contributed by atoms with Crippen molar-refractivity contribution >= 4 is 46.8 Å². The van der Waals surface area contributed by atoms with E-state index in [0.717, 1.165) is 10.4 Å². The number of carbonyl (C=O) groups is 6. The second-order valence-corrected chi connectivity index (χ2v) is 8.69. The van der Waals surface area contributed by atoms with Crippen LogP contribution >= 0.6 is 0 Å². The molecule has 2 fully saturated rings. The molecule has 12 nitrogen and oxygen atoms in total. The summed E-state index contributed by atoms with van der Waals surface area (Å²) in [7, 11) is 0. The van der Waals surface area contributed by atoms with E-state index in [1.165, 1.54) is 11.2 Å². The van der Waals surface area contributed by atoms with E-state index in [0.29, 0.717) is 18.2 Å². The zero-order valence-electron chi connectivity index (χ0n) is 19.3. The number of pyridine rings is 1. The first-order valence-electron chi connectivity index (χ1n) is 11.5. The van der Waals surface area contributed by atoms with Crippen LogP contribution in [0.4, 0.5) is 0 Å². The van der Waals surface area contributed by atoms with Crippen LogP contribution in [-0.4, -0.2) is 80.7 Å². The highest BCUT2D eigenvalue weighted by molar-refractivity contribution is 6.01. The number of rotatable bonds is 7. The molecular weight excluding hydrogens is 470 g/mol. The van der Waals surface area contributed by atoms with Gasteiger partial charge in [-0.15, -0.1) is 0 Å². The Morgan fingerprint density at radius 1 is 1.19 bits per heavy atom. The second kappa shape index (κ2) is 10.5. The van der Waals surface area contributed by atoms with E-state index in [4.69, 9.17) is 5.11 Å². The zero-order valence-corrected chi connectivity index (χ0v) is 19.3. The van der Waals surface area contributed by atoms with Gasteiger partial charge in [0.1, 0.15) is 18.4 Å². The largest absolute Gasteiger partial charge is 0.481 e. The Balaban J connectivity index is 1.54. The van der Waals surface area contributed by atoms with Crippen molar-refractivity contribution in [2.24, 2.45) is 0 Å². The van der Waals surface area contributed by atoms with Gasteiger partial charge < -0.3 is 20.5 Å². The van der Waals surface area contributed by atoms with Gasteiger partial charge in [-0.25, -0.2) is 5.01 Å². The first kappa shape index (κ1) is 24.8. The number of para-hydroxylation sites is 1. The summed E-state index contributed by atoms with van der Waals surface area (Å²) < 4.78 is 0. The second-order valence-electron chi connectivity index (χ2n) is 8.69. The monoisotopic (exact) mass is 495 g/mol. The highest BCUT2D eigenvalue weighted by Gasteiger charge is 2.45. The third kappa shape index (κ3) is 5.16. The van der Waals surface area contributed by atoms with Crippen molar-refractivity contribution in [3.05, 3.63) is 42.1 Å². The van der Waals surface area contributed by atoms with Gasteiger partial charge in [0.2, 0.25) is 11.8 Å². The van der Waals surface area contributed by atoms with Crippen molar-refractivity contribution in [1.29, 1.82) is 0 Å². The minimum Gasteiger partial charge on any atom is -0.481 e. The molecule has 0 aliphatic carbocycles. The summed E-state index contributed by atoms with van der Waals surface area (Å²) >= 11 is 0. The average Bonchev–Trinajstić information content (AvgIpc) is 2.99. The quantitative estimate of drug-likeness (QED) is 0.452. The van der Waals surface area contributed by atoms with Crippen LogP contribution in [0.1, 0.15) is 42.5 Å². The molecule has 2 saturated heterocycles. The lowest BCUT2D eigenvalue weighted by Crippen LogP contribution is -2.64. The van der Waals surface area contributed by atoms with E-state index in [2.05, 4.69) is 15.6 Å². The normalized spacial score (nSPS) is 20.8. The number of hydrogen-bond donors (Lipinski definition) is 3. The molecule has 4 rings (SSSR count). The molecule has 3 heterocycles. The standard InChI is InChI=1S/C24H25N5O7/c30-13-16(11-21(32)33)26-23(35)19-6-3-9-28-20(31)8-7-18(24(36)29(19)28)27-22(34)15-10-14-4-1-2-5-17(14)25-12-15/h1-2,4-5,10,12-13,16,18-19H,3,6-9,11H2,(H,26,35)(H,27,34)(H,32,33). The Kier molecular flexibility index (Phi) is 7.23. The van der Waals surface area contributed by atoms with Crippen molar-refractivity contribution in [3.63, 3.8) is 0 Å². The maximum atomic E-state index is 13.5. The number of carboxylic acids is 1. The SMILES string of the molecule is O=CC(CC(=O)O)NC(=O)C1CCCN2C(=O)CCC(NC(=O)c3cnc4ccccc4c3)C(=O)N12. The lowest BCUT2D eigenvalue weighted by Gasteiger charge is -2.43. The first-order chi connectivity index (χ1) is 17.3. The lowest BCUT2D eigenvalue weighted by atomic mass is 10.0. The third-order valence-electron chi connectivity index (χ3n) is 6.21. The molecule has 36 heavy (non-hydrogen) atoms. The summed E-state index contributed by atoms with van der Waals surface area (Å²) in [4.78, 5) is 78.6. The van der Waals surface area contributed by atoms with Crippen LogP contribution in [0.2, 0.25) is 0 Å². The molecule has 3 N–H and O–H groups in total. The predicted octanol–water partition coefficient (Wildman–Crippen LogP) is 0.0200. The van der Waals surface area contributed by atoms with Gasteiger partial charge in [0.25, 0.3) is 11.8 Å². The molecule has 4 amide bonds. The van der Waals surface area contributed by atoms with Crippen LogP contribution in [0.3, 0.4) is 0 Å². The van der Waals surface area contributed by atoms with Crippen LogP contribution in [0.15, 0.2) is 36.5 Å². The van der Waals surface area contributed by atoms with Crippen molar-refractivity contribution in [2.75, 3.05) is 6.54 Å². The third-order valence-corrected chi connectivity index (χ3v) is 6.21. The van der Waals surface area contributed by atoms with Crippen LogP contribution in [0.5, 0.6) is 0 Å². The van der Waals surface area contributed by atoms with Gasteiger partial charge in [0, 0.05) is 24.5 Å². The molecular formula is C24H25N5O7. The molecule has 0 saturated carbocycles. The molecule has 1 aromatic carbocycles. The minimum atomic E-state index is -1.28. The molecule has 1 aromatic heterocycles. The molecule has 3 atom stereocenters. The smallest absolute Gasteiger partial charge is 0.305 e. The van der Waals surface area contributed by atoms with Crippen LogP contribution in [0.25, 0.3) is 10.9 Å². The van der Waals surface area contributed by atoms with Gasteiger partial charge in [-0.2, -0.15) is 0 Å². The van der Waals surface area contributed by atoms with E-state index in [9.17, 15) is 28.8 Å². The van der Waals surface area contributed by atoms with E-state index in [1.807, 2.05) is 12.1 Å². The number of nitrogens with one attached hydrogen (secondary N) is 2. The van der Waals surface area contributed by atoms with Gasteiger partial charge in [-0.1, -0.05) is 18.2 Å². The Hall–Kier alpha value is -4.35. The number of benzene rings is 1. The number of amides is 4. The fraction of sp³-hybridized carbons (Fsp3) is 0.375. The molecule has 2 aromatic rings. The topological polar surface area (TPSA) is 166 Å². The Morgan fingerprint density at radius 2 is 1.97 bits per heavy atom. The van der Waals surface area contributed by atoms with E-state index >= 15 is 0 Å². The van der Waals surface area contributed by atoms with Gasteiger partial charge in [-0.3, -0.25) is 34.0 Å². The van der Waals surface area contributed by atoms with Gasteiger partial charge in [-0.05, 0) is 31.4 Å². The van der Waals surface area contributed by atoms with Crippen molar-refractivity contribution in [1.82, 2.24) is 25.6 Å². The van der Waals surface area contributed by atoms with Gasteiger partial charge >= 0.3 is 5.97 Å². The van der Waals surface area contributed by atoms with E-state index in [-0.39, 0.29) is 37.3 Å². The van der Waals surface area contributed by atoms with Gasteiger partial charge in [0.15, 0.2) is 0 Å². The summed E-state index contributed by atoms with van der Waals surface area (Å²) in [6.45, 7) is 0.218. The fourth-order valence-corrected chi connectivity index (χ4v) is 4.44. The summed E-state index contributed by atoms with van der Waals surface area (Å²) in [5, 5.41) is 16.9. The number of aromatic nitrogens is 1. The summed E-state index contributed by atoms with van der Waals surface area (Å²) in [5.41, 5.74) is 0.948. The number of aldehydes is 1. The summed E-state index contributed by atoms with van der Waals surface area (Å²) in [6, 6.07) is 5.41. The van der Waals surface area contributed by atoms with E-state index < -0.39 is 48.2 Å². The maximum Gasteiger partial charge on any atom is 0.305 e. The molecule has 0 bridgehead atoms. The molecule has 12 heteroatoms. The molecule has 0 radical (unpaired) electrons. The Morgan fingerprint density at radius 3 is 2.72 bits per heavy atom. The fourth-order valence-electron chi connectivity index (χ4n) is 4.44. The number of carboxylic acid groups (broad SMARTS) is 1. The Labute approximate surface area is 205 Å². The molecule has 2 aliphatic heterocycles. The van der Waals surface area contributed by atoms with Crippen molar-refractivity contribution in [2.45, 2.75) is 50.2 Å². The minimum absolute atomic E-state index is 0.0204. The zero-order chi connectivity index (χ0) is 25.8. The number of carbonyl (C=O) groups excluding carboxylic acids is 5. The molecule has 0 spiro atoms. The lowest BCUT2D eigenvalue weighted by molar-refractivity contribution is -0.176. The number of fused-ring (bicyclic) bond motifs is 2. The molecule has 2 aliphatic rings. The Bertz CT molecular complexity index is 1230. The highest BCUT2D eigenvalue weighted by atomic mass is 16.4. The molecule has 188 valence electrons. The van der Waals surface area contributed by atoms with E-state index in [1.54, 1.807) is 18.2 Å². The van der Waals surface area contributed by atoms with Crippen LogP contribution in [-0.2, 0) is 24.0 Å². The number of nitrogens with zero attached hydrogens (tertiary/aromatic N) is 3. The van der Waals surface area contributed by atoms with Gasteiger partial charge in [0.05, 0.1) is 23.5 Å². The van der Waals surface area contributed by atoms with Crippen LogP contribution in [0, 0.1) is 0 Å². The van der Waals surface area contributed by atoms with Crippen molar-refractivity contribution < 1.29 is 33.9 Å². The number of hydrazine groups is 1. The first-order valence-corrected chi connectivity index (χ1v) is 11.5. The predicted molar refractivity (Wildman–Crippen MR) is 124 cm³/mol.